The molecule has 6 heteroatoms. The van der Waals surface area contributed by atoms with Gasteiger partial charge in [0.1, 0.15) is 6.10 Å². The summed E-state index contributed by atoms with van der Waals surface area (Å²) in [6.07, 6.45) is 0.959. The molecule has 0 N–H and O–H groups in total. The molecular formula is C22H29F3O3. The van der Waals surface area contributed by atoms with Gasteiger partial charge in [0.25, 0.3) is 0 Å². The zero-order chi connectivity index (χ0) is 20.5. The summed E-state index contributed by atoms with van der Waals surface area (Å²) in [4.78, 5) is 23.5. The second-order valence-corrected chi connectivity index (χ2v) is 9.91. The summed E-state index contributed by atoms with van der Waals surface area (Å²) >= 11 is 0. The highest BCUT2D eigenvalue weighted by Gasteiger charge is 2.64. The first-order valence-electron chi connectivity index (χ1n) is 10.5. The molecule has 4 aliphatic rings. The lowest BCUT2D eigenvalue weighted by atomic mass is 9.45. The standard InChI is InChI=1S/C22H29F3O3/c1-12(26)28-19-5-4-15-14-11-18(22(23,24)25)17-10-13(27)6-8-20(17,2)16(14)7-9-21(15,19)3/h10,14-16,18-19H,4-9,11H2,1-3H3/t14-,15-,16-,18-,19+,20+,21-/m0/s1. The smallest absolute Gasteiger partial charge is 0.395 e. The van der Waals surface area contributed by atoms with Gasteiger partial charge in [-0.15, -0.1) is 0 Å². The van der Waals surface area contributed by atoms with E-state index in [9.17, 15) is 22.8 Å². The first kappa shape index (κ1) is 20.0. The molecule has 156 valence electrons. The van der Waals surface area contributed by atoms with Crippen LogP contribution in [0.2, 0.25) is 0 Å². The first-order valence-corrected chi connectivity index (χ1v) is 10.5. The van der Waals surface area contributed by atoms with Gasteiger partial charge in [0.15, 0.2) is 5.78 Å². The van der Waals surface area contributed by atoms with Crippen LogP contribution in [-0.4, -0.2) is 24.0 Å². The maximum absolute atomic E-state index is 14.0. The van der Waals surface area contributed by atoms with Crippen molar-refractivity contribution in [3.63, 3.8) is 0 Å². The van der Waals surface area contributed by atoms with Gasteiger partial charge in [-0.2, -0.15) is 13.2 Å². The third-order valence-corrected chi connectivity index (χ3v) is 8.62. The molecule has 0 radical (unpaired) electrons. The van der Waals surface area contributed by atoms with Gasteiger partial charge in [-0.1, -0.05) is 13.8 Å². The third-order valence-electron chi connectivity index (χ3n) is 8.62. The Balaban J connectivity index is 1.73. The zero-order valence-electron chi connectivity index (χ0n) is 16.8. The summed E-state index contributed by atoms with van der Waals surface area (Å²) in [5.74, 6) is -1.75. The molecule has 4 rings (SSSR count). The Labute approximate surface area is 164 Å². The molecule has 0 aromatic rings. The molecule has 0 aliphatic heterocycles. The molecule has 0 saturated heterocycles. The Kier molecular flexibility index (Phi) is 4.51. The fourth-order valence-electron chi connectivity index (χ4n) is 7.30. The molecule has 28 heavy (non-hydrogen) atoms. The zero-order valence-corrected chi connectivity index (χ0v) is 16.8. The molecular weight excluding hydrogens is 369 g/mol. The summed E-state index contributed by atoms with van der Waals surface area (Å²) in [5, 5.41) is 0. The summed E-state index contributed by atoms with van der Waals surface area (Å²) in [7, 11) is 0. The van der Waals surface area contributed by atoms with E-state index >= 15 is 0 Å². The Morgan fingerprint density at radius 2 is 1.86 bits per heavy atom. The van der Waals surface area contributed by atoms with Gasteiger partial charge >= 0.3 is 12.1 Å². The molecule has 7 atom stereocenters. The van der Waals surface area contributed by atoms with E-state index in [1.54, 1.807) is 0 Å². The lowest BCUT2D eigenvalue weighted by Gasteiger charge is -2.59. The fraction of sp³-hybridized carbons (Fsp3) is 0.818. The number of hydrogen-bond donors (Lipinski definition) is 0. The largest absolute Gasteiger partial charge is 0.462 e. The molecule has 0 aromatic heterocycles. The SMILES string of the molecule is CC(=O)O[C@@H]1CC[C@H]2[C@@H]3C[C@H](C(F)(F)F)C4=CC(=O)CC[C@]4(C)[C@H]3CC[C@]12C. The summed E-state index contributed by atoms with van der Waals surface area (Å²) in [6.45, 7) is 5.47. The highest BCUT2D eigenvalue weighted by molar-refractivity contribution is 5.91. The van der Waals surface area contributed by atoms with Crippen molar-refractivity contribution in [2.45, 2.75) is 78.0 Å². The van der Waals surface area contributed by atoms with Gasteiger partial charge in [0.05, 0.1) is 5.92 Å². The topological polar surface area (TPSA) is 43.4 Å². The predicted octanol–water partition coefficient (Wildman–Crippen LogP) is 5.24. The molecule has 0 heterocycles. The van der Waals surface area contributed by atoms with E-state index < -0.39 is 17.5 Å². The van der Waals surface area contributed by atoms with E-state index in [4.69, 9.17) is 4.74 Å². The average Bonchev–Trinajstić information content (AvgIpc) is 2.90. The van der Waals surface area contributed by atoms with Gasteiger partial charge in [-0.3, -0.25) is 9.59 Å². The Morgan fingerprint density at radius 3 is 2.50 bits per heavy atom. The van der Waals surface area contributed by atoms with Crippen molar-refractivity contribution < 1.29 is 27.5 Å². The van der Waals surface area contributed by atoms with Gasteiger partial charge < -0.3 is 4.74 Å². The van der Waals surface area contributed by atoms with Gasteiger partial charge in [0, 0.05) is 18.8 Å². The number of fused-ring (bicyclic) bond motifs is 5. The van der Waals surface area contributed by atoms with Crippen LogP contribution in [0, 0.1) is 34.5 Å². The number of hydrogen-bond acceptors (Lipinski definition) is 3. The number of ketones is 1. The number of carbonyl (C=O) groups excluding carboxylic acids is 2. The quantitative estimate of drug-likeness (QED) is 0.568. The summed E-state index contributed by atoms with van der Waals surface area (Å²) in [6, 6.07) is 0. The number of alkyl halides is 3. The van der Waals surface area contributed by atoms with Crippen molar-refractivity contribution in [2.75, 3.05) is 0 Å². The Bertz CT molecular complexity index is 727. The minimum Gasteiger partial charge on any atom is -0.462 e. The maximum Gasteiger partial charge on any atom is 0.395 e. The summed E-state index contributed by atoms with van der Waals surface area (Å²) in [5.41, 5.74) is -0.473. The minimum atomic E-state index is -4.34. The lowest BCUT2D eigenvalue weighted by Crippen LogP contribution is -2.55. The first-order chi connectivity index (χ1) is 13.0. The van der Waals surface area contributed by atoms with Crippen LogP contribution in [0.15, 0.2) is 11.6 Å². The van der Waals surface area contributed by atoms with E-state index in [-0.39, 0.29) is 47.4 Å². The van der Waals surface area contributed by atoms with Crippen LogP contribution in [0.4, 0.5) is 13.2 Å². The molecule has 0 spiro atoms. The predicted molar refractivity (Wildman–Crippen MR) is 97.2 cm³/mol. The van der Waals surface area contributed by atoms with Gasteiger partial charge in [-0.05, 0) is 73.3 Å². The monoisotopic (exact) mass is 398 g/mol. The molecule has 0 unspecified atom stereocenters. The number of allylic oxidation sites excluding steroid dienone is 1. The molecule has 0 aromatic carbocycles. The molecule has 0 bridgehead atoms. The molecule has 3 nitrogen and oxygen atoms in total. The number of carbonyl (C=O) groups is 2. The van der Waals surface area contributed by atoms with Gasteiger partial charge in [-0.25, -0.2) is 0 Å². The Hall–Kier alpha value is -1.33. The summed E-state index contributed by atoms with van der Waals surface area (Å²) < 4.78 is 47.7. The van der Waals surface area contributed by atoms with E-state index in [1.807, 2.05) is 6.92 Å². The van der Waals surface area contributed by atoms with Crippen LogP contribution < -0.4 is 0 Å². The van der Waals surface area contributed by atoms with Crippen LogP contribution in [0.1, 0.15) is 65.7 Å². The van der Waals surface area contributed by atoms with Crippen molar-refractivity contribution in [2.24, 2.45) is 34.5 Å². The van der Waals surface area contributed by atoms with Crippen LogP contribution in [0.5, 0.6) is 0 Å². The minimum absolute atomic E-state index is 0.0405. The number of rotatable bonds is 1. The molecule has 4 aliphatic carbocycles. The van der Waals surface area contributed by atoms with E-state index in [0.29, 0.717) is 18.4 Å². The third kappa shape index (κ3) is 2.85. The molecule has 3 fully saturated rings. The lowest BCUT2D eigenvalue weighted by molar-refractivity contribution is -0.196. The van der Waals surface area contributed by atoms with Crippen molar-refractivity contribution in [1.82, 2.24) is 0 Å². The second kappa shape index (κ2) is 6.33. The Morgan fingerprint density at radius 1 is 1.14 bits per heavy atom. The van der Waals surface area contributed by atoms with E-state index in [2.05, 4.69) is 6.92 Å². The fourth-order valence-corrected chi connectivity index (χ4v) is 7.30. The van der Waals surface area contributed by atoms with E-state index in [0.717, 1.165) is 25.7 Å². The van der Waals surface area contributed by atoms with Crippen molar-refractivity contribution in [3.8, 4) is 0 Å². The van der Waals surface area contributed by atoms with Crippen LogP contribution in [0.25, 0.3) is 0 Å². The van der Waals surface area contributed by atoms with Crippen LogP contribution >= 0.6 is 0 Å². The number of halogens is 3. The van der Waals surface area contributed by atoms with Crippen molar-refractivity contribution >= 4 is 11.8 Å². The van der Waals surface area contributed by atoms with Crippen LogP contribution in [-0.2, 0) is 14.3 Å². The molecule has 3 saturated carbocycles. The maximum atomic E-state index is 14.0. The second-order valence-electron chi connectivity index (χ2n) is 9.91. The average molecular weight is 398 g/mol. The van der Waals surface area contributed by atoms with Crippen LogP contribution in [0.3, 0.4) is 0 Å². The highest BCUT2D eigenvalue weighted by Crippen LogP contribution is 2.68. The van der Waals surface area contributed by atoms with Gasteiger partial charge in [0.2, 0.25) is 0 Å². The normalized spacial score (nSPS) is 45.6. The number of esters is 1. The van der Waals surface area contributed by atoms with Crippen molar-refractivity contribution in [1.29, 1.82) is 0 Å². The number of ether oxygens (including phenoxy) is 1. The molecule has 0 amide bonds. The van der Waals surface area contributed by atoms with E-state index in [1.165, 1.54) is 13.0 Å². The van der Waals surface area contributed by atoms with Crippen molar-refractivity contribution in [3.05, 3.63) is 11.6 Å². The highest BCUT2D eigenvalue weighted by atomic mass is 19.4.